The maximum atomic E-state index is 12.0. The minimum Gasteiger partial charge on any atom is -0.355 e. The number of rotatable bonds is 5. The van der Waals surface area contributed by atoms with E-state index in [0.717, 1.165) is 16.8 Å². The summed E-state index contributed by atoms with van der Waals surface area (Å²) < 4.78 is 0. The van der Waals surface area contributed by atoms with Crippen LogP contribution in [0.4, 0.5) is 5.69 Å². The van der Waals surface area contributed by atoms with E-state index in [1.165, 1.54) is 6.92 Å². The largest absolute Gasteiger partial charge is 0.355 e. The molecule has 4 nitrogen and oxygen atoms in total. The molecule has 1 N–H and O–H groups in total. The van der Waals surface area contributed by atoms with Crippen molar-refractivity contribution in [2.75, 3.05) is 18.0 Å². The van der Waals surface area contributed by atoms with Gasteiger partial charge in [-0.2, -0.15) is 0 Å². The van der Waals surface area contributed by atoms with Crippen molar-refractivity contribution in [1.82, 2.24) is 5.32 Å². The fourth-order valence-electron chi connectivity index (χ4n) is 2.29. The summed E-state index contributed by atoms with van der Waals surface area (Å²) in [6.07, 6.45) is 0. The van der Waals surface area contributed by atoms with Crippen molar-refractivity contribution < 1.29 is 9.59 Å². The Balaban J connectivity index is 3.08. The number of nitrogens with one attached hydrogen (secondary N) is 1. The smallest absolute Gasteiger partial charge is 0.223 e. The average Bonchev–Trinajstić information content (AvgIpc) is 2.34. The number of carbonyl (C=O) groups is 2. The van der Waals surface area contributed by atoms with Gasteiger partial charge in [0.25, 0.3) is 0 Å². The number of benzene rings is 1. The molecule has 0 spiro atoms. The van der Waals surface area contributed by atoms with Crippen molar-refractivity contribution in [3.63, 3.8) is 0 Å². The van der Waals surface area contributed by atoms with Crippen LogP contribution in [0.2, 0.25) is 0 Å². The summed E-state index contributed by atoms with van der Waals surface area (Å²) >= 11 is 0. The fourth-order valence-corrected chi connectivity index (χ4v) is 2.29. The zero-order valence-corrected chi connectivity index (χ0v) is 13.0. The Morgan fingerprint density at radius 2 is 1.90 bits per heavy atom. The van der Waals surface area contributed by atoms with Crippen molar-refractivity contribution >= 4 is 17.5 Å². The summed E-state index contributed by atoms with van der Waals surface area (Å²) in [5.41, 5.74) is 3.21. The molecule has 0 radical (unpaired) electrons. The molecule has 20 heavy (non-hydrogen) atoms. The maximum Gasteiger partial charge on any atom is 0.223 e. The second-order valence-corrected chi connectivity index (χ2v) is 5.32. The van der Waals surface area contributed by atoms with E-state index in [-0.39, 0.29) is 11.8 Å². The molecule has 0 unspecified atom stereocenters. The van der Waals surface area contributed by atoms with Gasteiger partial charge in [0, 0.05) is 26.9 Å². The number of amides is 2. The van der Waals surface area contributed by atoms with Crippen LogP contribution in [0, 0.1) is 6.92 Å². The number of para-hydroxylation sites is 1. The van der Waals surface area contributed by atoms with Crippen molar-refractivity contribution in [3.05, 3.63) is 29.3 Å². The van der Waals surface area contributed by atoms with Gasteiger partial charge in [0.15, 0.2) is 0 Å². The molecule has 110 valence electrons. The summed E-state index contributed by atoms with van der Waals surface area (Å²) in [5, 5.41) is 2.74. The highest BCUT2D eigenvalue weighted by Crippen LogP contribution is 2.30. The van der Waals surface area contributed by atoms with Crippen LogP contribution in [0.15, 0.2) is 18.2 Å². The minimum atomic E-state index is -0.0811. The van der Waals surface area contributed by atoms with Crippen molar-refractivity contribution in [2.24, 2.45) is 0 Å². The zero-order valence-electron chi connectivity index (χ0n) is 13.0. The van der Waals surface area contributed by atoms with Gasteiger partial charge in [0.2, 0.25) is 11.8 Å². The molecule has 2 amide bonds. The summed E-state index contributed by atoms with van der Waals surface area (Å²) in [7, 11) is 0. The Kier molecular flexibility index (Phi) is 5.74. The number of hydrogen-bond acceptors (Lipinski definition) is 2. The third-order valence-corrected chi connectivity index (χ3v) is 3.25. The molecule has 0 saturated carbocycles. The predicted octanol–water partition coefficient (Wildman–Crippen LogP) is 2.61. The first kappa shape index (κ1) is 16.2. The lowest BCUT2D eigenvalue weighted by atomic mass is 9.97. The molecule has 0 saturated heterocycles. The standard InChI is InChI=1S/C16H24N2O2/c1-11(2)15-8-6-7-12(3)16(15)18(14(5)20)10-9-17-13(4)19/h6-8,11H,9-10H2,1-5H3,(H,17,19). The molecule has 4 heteroatoms. The molecule has 0 aliphatic rings. The van der Waals surface area contributed by atoms with E-state index in [4.69, 9.17) is 0 Å². The van der Waals surface area contributed by atoms with Crippen LogP contribution in [0.3, 0.4) is 0 Å². The van der Waals surface area contributed by atoms with Gasteiger partial charge in [-0.25, -0.2) is 0 Å². The van der Waals surface area contributed by atoms with E-state index in [1.54, 1.807) is 11.8 Å². The molecule has 1 aromatic carbocycles. The highest BCUT2D eigenvalue weighted by atomic mass is 16.2. The normalized spacial score (nSPS) is 10.5. The van der Waals surface area contributed by atoms with Crippen molar-refractivity contribution in [3.8, 4) is 0 Å². The van der Waals surface area contributed by atoms with E-state index in [2.05, 4.69) is 25.2 Å². The topological polar surface area (TPSA) is 49.4 Å². The Hall–Kier alpha value is -1.84. The van der Waals surface area contributed by atoms with Crippen LogP contribution in [-0.4, -0.2) is 24.9 Å². The first-order chi connectivity index (χ1) is 9.34. The number of nitrogens with zero attached hydrogens (tertiary/aromatic N) is 1. The minimum absolute atomic E-state index is 0.00782. The number of carbonyl (C=O) groups excluding carboxylic acids is 2. The molecule has 1 rings (SSSR count). The molecular formula is C16H24N2O2. The lowest BCUT2D eigenvalue weighted by molar-refractivity contribution is -0.119. The van der Waals surface area contributed by atoms with Gasteiger partial charge in [0.05, 0.1) is 5.69 Å². The maximum absolute atomic E-state index is 12.0. The summed E-state index contributed by atoms with van der Waals surface area (Å²) in [5.74, 6) is 0.251. The van der Waals surface area contributed by atoms with Crippen LogP contribution in [0.5, 0.6) is 0 Å². The number of aryl methyl sites for hydroxylation is 1. The second-order valence-electron chi connectivity index (χ2n) is 5.32. The first-order valence-corrected chi connectivity index (χ1v) is 6.96. The Bertz CT molecular complexity index is 495. The molecule has 0 fully saturated rings. The molecule has 0 heterocycles. The lowest BCUT2D eigenvalue weighted by Crippen LogP contribution is -2.37. The molecule has 1 aromatic rings. The van der Waals surface area contributed by atoms with E-state index in [9.17, 15) is 9.59 Å². The first-order valence-electron chi connectivity index (χ1n) is 6.96. The van der Waals surface area contributed by atoms with Crippen LogP contribution in [0.1, 0.15) is 44.7 Å². The fraction of sp³-hybridized carbons (Fsp3) is 0.500. The Labute approximate surface area is 121 Å². The molecule has 0 bridgehead atoms. The van der Waals surface area contributed by atoms with Gasteiger partial charge in [-0.3, -0.25) is 9.59 Å². The van der Waals surface area contributed by atoms with Gasteiger partial charge in [0.1, 0.15) is 0 Å². The monoisotopic (exact) mass is 276 g/mol. The van der Waals surface area contributed by atoms with Gasteiger partial charge in [-0.1, -0.05) is 32.0 Å². The Morgan fingerprint density at radius 3 is 2.40 bits per heavy atom. The van der Waals surface area contributed by atoms with Crippen LogP contribution >= 0.6 is 0 Å². The van der Waals surface area contributed by atoms with Crippen LogP contribution < -0.4 is 10.2 Å². The second kappa shape index (κ2) is 7.08. The van der Waals surface area contributed by atoms with E-state index < -0.39 is 0 Å². The molecule has 0 aliphatic heterocycles. The third-order valence-electron chi connectivity index (χ3n) is 3.25. The van der Waals surface area contributed by atoms with E-state index in [1.807, 2.05) is 19.1 Å². The average molecular weight is 276 g/mol. The van der Waals surface area contributed by atoms with E-state index in [0.29, 0.717) is 19.0 Å². The zero-order chi connectivity index (χ0) is 15.3. The molecule has 0 aliphatic carbocycles. The van der Waals surface area contributed by atoms with Gasteiger partial charge in [-0.15, -0.1) is 0 Å². The van der Waals surface area contributed by atoms with Crippen molar-refractivity contribution in [2.45, 2.75) is 40.5 Å². The summed E-state index contributed by atoms with van der Waals surface area (Å²) in [6, 6.07) is 6.08. The molecule has 0 aromatic heterocycles. The highest BCUT2D eigenvalue weighted by Gasteiger charge is 2.18. The number of anilines is 1. The summed E-state index contributed by atoms with van der Waals surface area (Å²) in [4.78, 5) is 24.7. The SMILES string of the molecule is CC(=O)NCCN(C(C)=O)c1c(C)cccc1C(C)C. The lowest BCUT2D eigenvalue weighted by Gasteiger charge is -2.27. The number of hydrogen-bond donors (Lipinski definition) is 1. The van der Waals surface area contributed by atoms with Gasteiger partial charge >= 0.3 is 0 Å². The highest BCUT2D eigenvalue weighted by molar-refractivity contribution is 5.93. The Morgan fingerprint density at radius 1 is 1.25 bits per heavy atom. The third kappa shape index (κ3) is 4.08. The van der Waals surface area contributed by atoms with Gasteiger partial charge < -0.3 is 10.2 Å². The van der Waals surface area contributed by atoms with Gasteiger partial charge in [-0.05, 0) is 24.0 Å². The van der Waals surface area contributed by atoms with Crippen LogP contribution in [0.25, 0.3) is 0 Å². The predicted molar refractivity (Wildman–Crippen MR) is 82.0 cm³/mol. The van der Waals surface area contributed by atoms with E-state index >= 15 is 0 Å². The quantitative estimate of drug-likeness (QED) is 0.898. The summed E-state index contributed by atoms with van der Waals surface area (Å²) in [6.45, 7) is 10.2. The molecule has 0 atom stereocenters. The molecular weight excluding hydrogens is 252 g/mol. The van der Waals surface area contributed by atoms with Crippen LogP contribution in [-0.2, 0) is 9.59 Å². The van der Waals surface area contributed by atoms with Crippen molar-refractivity contribution in [1.29, 1.82) is 0 Å².